The Balaban J connectivity index is 2.03. The van der Waals surface area contributed by atoms with Crippen LogP contribution in [0.2, 0.25) is 5.02 Å². The van der Waals surface area contributed by atoms with E-state index in [9.17, 15) is 4.79 Å². The van der Waals surface area contributed by atoms with Gasteiger partial charge in [0.05, 0.1) is 11.4 Å². The van der Waals surface area contributed by atoms with Crippen LogP contribution in [-0.2, 0) is 10.2 Å². The number of H-pyrrole nitrogens is 1. The molecule has 0 aliphatic heterocycles. The molecule has 1 saturated carbocycles. The minimum Gasteiger partial charge on any atom is -0.481 e. The van der Waals surface area contributed by atoms with Crippen LogP contribution in [0.25, 0.3) is 10.9 Å². The number of aliphatic carboxylic acids is 1. The van der Waals surface area contributed by atoms with Crippen molar-refractivity contribution in [2.24, 2.45) is 0 Å². The largest absolute Gasteiger partial charge is 0.481 e. The smallest absolute Gasteiger partial charge is 0.304 e. The van der Waals surface area contributed by atoms with Crippen molar-refractivity contribution in [3.63, 3.8) is 0 Å². The first kappa shape index (κ1) is 10.7. The molecule has 88 valence electrons. The van der Waals surface area contributed by atoms with Crippen LogP contribution in [-0.4, -0.2) is 16.1 Å². The maximum absolute atomic E-state index is 10.9. The Kier molecular flexibility index (Phi) is 2.20. The zero-order valence-corrected chi connectivity index (χ0v) is 9.92. The number of halogens is 1. The van der Waals surface area contributed by atoms with Crippen molar-refractivity contribution in [3.8, 4) is 0 Å². The van der Waals surface area contributed by atoms with Gasteiger partial charge >= 0.3 is 5.97 Å². The summed E-state index contributed by atoms with van der Waals surface area (Å²) in [6.45, 7) is 0. The van der Waals surface area contributed by atoms with Crippen molar-refractivity contribution in [1.82, 2.24) is 4.98 Å². The molecule has 4 heteroatoms. The van der Waals surface area contributed by atoms with Crippen molar-refractivity contribution >= 4 is 28.5 Å². The minimum absolute atomic E-state index is 0.141. The molecule has 0 amide bonds. The summed E-state index contributed by atoms with van der Waals surface area (Å²) in [5.41, 5.74) is 1.94. The second-order valence-electron chi connectivity index (χ2n) is 4.75. The Bertz CT molecular complexity index is 598. The normalized spacial score (nSPS) is 17.2. The number of hydrogen-bond acceptors (Lipinski definition) is 1. The van der Waals surface area contributed by atoms with Crippen LogP contribution in [0.5, 0.6) is 0 Å². The lowest BCUT2D eigenvalue weighted by Crippen LogP contribution is -2.12. The lowest BCUT2D eigenvalue weighted by atomic mass is 9.92. The molecule has 0 unspecified atom stereocenters. The molecule has 2 aromatic rings. The van der Waals surface area contributed by atoms with Gasteiger partial charge in [-0.2, -0.15) is 0 Å². The molecule has 0 spiro atoms. The van der Waals surface area contributed by atoms with Crippen molar-refractivity contribution in [1.29, 1.82) is 0 Å². The van der Waals surface area contributed by atoms with E-state index in [1.807, 2.05) is 18.2 Å². The Morgan fingerprint density at radius 2 is 2.24 bits per heavy atom. The summed E-state index contributed by atoms with van der Waals surface area (Å²) in [5, 5.41) is 10.6. The Morgan fingerprint density at radius 1 is 1.47 bits per heavy atom. The third-order valence-corrected chi connectivity index (χ3v) is 3.90. The predicted octanol–water partition coefficient (Wildman–Crippen LogP) is 3.33. The van der Waals surface area contributed by atoms with E-state index in [4.69, 9.17) is 16.7 Å². The van der Waals surface area contributed by atoms with Crippen LogP contribution in [0, 0.1) is 0 Å². The van der Waals surface area contributed by atoms with Crippen molar-refractivity contribution in [2.75, 3.05) is 0 Å². The summed E-state index contributed by atoms with van der Waals surface area (Å²) in [6, 6.07) is 5.99. The topological polar surface area (TPSA) is 53.1 Å². The second-order valence-corrected chi connectivity index (χ2v) is 5.16. The molecular weight excluding hydrogens is 238 g/mol. The number of rotatable bonds is 3. The third kappa shape index (κ3) is 1.71. The van der Waals surface area contributed by atoms with Crippen LogP contribution in [0.3, 0.4) is 0 Å². The van der Waals surface area contributed by atoms with Gasteiger partial charge < -0.3 is 10.1 Å². The van der Waals surface area contributed by atoms with E-state index in [1.54, 1.807) is 6.20 Å². The van der Waals surface area contributed by atoms with Crippen LogP contribution in [0.15, 0.2) is 24.4 Å². The zero-order valence-electron chi connectivity index (χ0n) is 9.16. The number of aromatic amines is 1. The van der Waals surface area contributed by atoms with E-state index in [-0.39, 0.29) is 11.8 Å². The number of aromatic nitrogens is 1. The first-order valence-corrected chi connectivity index (χ1v) is 5.97. The van der Waals surface area contributed by atoms with E-state index in [2.05, 4.69) is 4.98 Å². The van der Waals surface area contributed by atoms with Gasteiger partial charge in [-0.05, 0) is 24.5 Å². The van der Waals surface area contributed by atoms with Crippen molar-refractivity contribution in [3.05, 3.63) is 35.0 Å². The molecule has 1 aromatic carbocycles. The molecule has 3 rings (SSSR count). The zero-order chi connectivity index (χ0) is 12.0. The van der Waals surface area contributed by atoms with Crippen LogP contribution < -0.4 is 0 Å². The van der Waals surface area contributed by atoms with Gasteiger partial charge in [0.15, 0.2) is 0 Å². The van der Waals surface area contributed by atoms with E-state index in [0.717, 1.165) is 29.3 Å². The lowest BCUT2D eigenvalue weighted by Gasteiger charge is -2.12. The fourth-order valence-corrected chi connectivity index (χ4v) is 2.65. The molecule has 0 saturated heterocycles. The van der Waals surface area contributed by atoms with Gasteiger partial charge in [0.25, 0.3) is 0 Å². The molecule has 1 fully saturated rings. The fraction of sp³-hybridized carbons (Fsp3) is 0.308. The molecule has 3 nitrogen and oxygen atoms in total. The predicted molar refractivity (Wildman–Crippen MR) is 66.5 cm³/mol. The molecule has 1 aliphatic carbocycles. The highest BCUT2D eigenvalue weighted by Gasteiger charge is 2.46. The van der Waals surface area contributed by atoms with E-state index >= 15 is 0 Å². The molecule has 17 heavy (non-hydrogen) atoms. The molecule has 1 heterocycles. The summed E-state index contributed by atoms with van der Waals surface area (Å²) >= 11 is 6.01. The minimum atomic E-state index is -0.730. The Morgan fingerprint density at radius 3 is 2.88 bits per heavy atom. The third-order valence-electron chi connectivity index (χ3n) is 3.59. The Hall–Kier alpha value is -1.48. The SMILES string of the molecule is O=C(O)CC1(c2ccc3c(Cl)c[nH]c3c2)CC1. The number of carbonyl (C=O) groups is 1. The standard InChI is InChI=1S/C13H12ClNO2/c14-10-7-15-11-5-8(1-2-9(10)11)13(3-4-13)6-12(16)17/h1-2,5,7,15H,3-4,6H2,(H,16,17). The Labute approximate surface area is 103 Å². The molecule has 2 N–H and O–H groups in total. The van der Waals surface area contributed by atoms with Crippen LogP contribution in [0.4, 0.5) is 0 Å². The summed E-state index contributed by atoms with van der Waals surface area (Å²) in [7, 11) is 0. The highest BCUT2D eigenvalue weighted by molar-refractivity contribution is 6.35. The van der Waals surface area contributed by atoms with Gasteiger partial charge in [0.2, 0.25) is 0 Å². The molecule has 1 aromatic heterocycles. The number of fused-ring (bicyclic) bond motifs is 1. The number of hydrogen-bond donors (Lipinski definition) is 2. The average Bonchev–Trinajstić information content (AvgIpc) is 2.96. The number of benzene rings is 1. The number of carboxylic acid groups (broad SMARTS) is 1. The monoisotopic (exact) mass is 249 g/mol. The molecular formula is C13H12ClNO2. The van der Waals surface area contributed by atoms with Gasteiger partial charge in [-0.1, -0.05) is 23.7 Å². The molecule has 1 aliphatic rings. The maximum Gasteiger partial charge on any atom is 0.304 e. The van der Waals surface area contributed by atoms with Gasteiger partial charge in [-0.15, -0.1) is 0 Å². The molecule has 0 atom stereocenters. The van der Waals surface area contributed by atoms with E-state index in [1.165, 1.54) is 0 Å². The van der Waals surface area contributed by atoms with E-state index in [0.29, 0.717) is 5.02 Å². The van der Waals surface area contributed by atoms with E-state index < -0.39 is 5.97 Å². The summed E-state index contributed by atoms with van der Waals surface area (Å²) in [6.07, 6.45) is 3.89. The summed E-state index contributed by atoms with van der Waals surface area (Å²) in [4.78, 5) is 14.0. The number of nitrogens with one attached hydrogen (secondary N) is 1. The summed E-state index contributed by atoms with van der Waals surface area (Å²) < 4.78 is 0. The van der Waals surface area contributed by atoms with Crippen LogP contribution >= 0.6 is 11.6 Å². The van der Waals surface area contributed by atoms with Crippen molar-refractivity contribution in [2.45, 2.75) is 24.7 Å². The maximum atomic E-state index is 10.9. The number of carboxylic acids is 1. The highest BCUT2D eigenvalue weighted by atomic mass is 35.5. The first-order chi connectivity index (χ1) is 8.11. The lowest BCUT2D eigenvalue weighted by molar-refractivity contribution is -0.137. The van der Waals surface area contributed by atoms with Crippen molar-refractivity contribution < 1.29 is 9.90 Å². The van der Waals surface area contributed by atoms with Gasteiger partial charge in [0, 0.05) is 22.5 Å². The second kappa shape index (κ2) is 3.50. The van der Waals surface area contributed by atoms with Gasteiger partial charge in [0.1, 0.15) is 0 Å². The first-order valence-electron chi connectivity index (χ1n) is 5.60. The molecule has 0 radical (unpaired) electrons. The van der Waals surface area contributed by atoms with Gasteiger partial charge in [-0.3, -0.25) is 4.79 Å². The van der Waals surface area contributed by atoms with Gasteiger partial charge in [-0.25, -0.2) is 0 Å². The summed E-state index contributed by atoms with van der Waals surface area (Å²) in [5.74, 6) is -0.730. The highest BCUT2D eigenvalue weighted by Crippen LogP contribution is 2.51. The molecule has 0 bridgehead atoms. The average molecular weight is 250 g/mol. The van der Waals surface area contributed by atoms with Crippen LogP contribution in [0.1, 0.15) is 24.8 Å². The fourth-order valence-electron chi connectivity index (χ4n) is 2.43. The quantitative estimate of drug-likeness (QED) is 0.877.